The number of aryl methyl sites for hydroxylation is 1. The summed E-state index contributed by atoms with van der Waals surface area (Å²) in [6.45, 7) is 3.55. The zero-order valence-corrected chi connectivity index (χ0v) is 9.26. The molecular weight excluding hydrogens is 208 g/mol. The minimum absolute atomic E-state index is 0.193. The van der Waals surface area contributed by atoms with Gasteiger partial charge in [-0.3, -0.25) is 9.48 Å². The molecule has 1 aromatic heterocycles. The molecule has 1 atom stereocenters. The number of carbonyl (C=O) groups is 1. The summed E-state index contributed by atoms with van der Waals surface area (Å²) >= 11 is 0. The Morgan fingerprint density at radius 1 is 1.75 bits per heavy atom. The average Bonchev–Trinajstić information content (AvgIpc) is 2.83. The van der Waals surface area contributed by atoms with E-state index in [1.165, 1.54) is 0 Å². The molecule has 0 aliphatic carbocycles. The van der Waals surface area contributed by atoms with E-state index in [1.807, 2.05) is 6.92 Å². The first-order chi connectivity index (χ1) is 7.61. The number of likely N-dealkylation sites (tertiary alicyclic amines) is 1. The highest BCUT2D eigenvalue weighted by Crippen LogP contribution is 2.16. The molecule has 0 bridgehead atoms. The molecule has 1 saturated heterocycles. The van der Waals surface area contributed by atoms with Crippen LogP contribution in [0, 0.1) is 0 Å². The normalized spacial score (nSPS) is 20.4. The standard InChI is InChI=1S/C10H16N4O2/c1-2-14-6-8(11)9(12-14)10(16)13-4-3-7(15)5-13/h6-7,15H,2-5,11H2,1H3/t7-/m1/s1. The average molecular weight is 224 g/mol. The maximum atomic E-state index is 12.0. The molecule has 2 heterocycles. The SMILES string of the molecule is CCn1cc(N)c(C(=O)N2CC[C@@H](O)C2)n1. The smallest absolute Gasteiger partial charge is 0.276 e. The molecule has 0 radical (unpaired) electrons. The van der Waals surface area contributed by atoms with Crippen molar-refractivity contribution in [3.63, 3.8) is 0 Å². The molecule has 6 heteroatoms. The van der Waals surface area contributed by atoms with Crippen molar-refractivity contribution in [3.05, 3.63) is 11.9 Å². The minimum Gasteiger partial charge on any atom is -0.396 e. The third-order valence-electron chi connectivity index (χ3n) is 2.77. The Morgan fingerprint density at radius 3 is 3.00 bits per heavy atom. The summed E-state index contributed by atoms with van der Waals surface area (Å²) in [6, 6.07) is 0. The Labute approximate surface area is 93.6 Å². The van der Waals surface area contributed by atoms with Crippen molar-refractivity contribution in [3.8, 4) is 0 Å². The fraction of sp³-hybridized carbons (Fsp3) is 0.600. The minimum atomic E-state index is -0.418. The van der Waals surface area contributed by atoms with E-state index < -0.39 is 6.10 Å². The van der Waals surface area contributed by atoms with Gasteiger partial charge >= 0.3 is 0 Å². The Hall–Kier alpha value is -1.56. The molecule has 1 amide bonds. The van der Waals surface area contributed by atoms with Gasteiger partial charge in [0.05, 0.1) is 11.8 Å². The highest BCUT2D eigenvalue weighted by Gasteiger charge is 2.28. The summed E-state index contributed by atoms with van der Waals surface area (Å²) in [4.78, 5) is 13.6. The van der Waals surface area contributed by atoms with Gasteiger partial charge in [0, 0.05) is 25.8 Å². The lowest BCUT2D eigenvalue weighted by Gasteiger charge is -2.13. The zero-order chi connectivity index (χ0) is 11.7. The lowest BCUT2D eigenvalue weighted by molar-refractivity contribution is 0.0759. The van der Waals surface area contributed by atoms with Gasteiger partial charge in [0.25, 0.3) is 5.91 Å². The Kier molecular flexibility index (Phi) is 2.82. The van der Waals surface area contributed by atoms with Gasteiger partial charge in [-0.1, -0.05) is 0 Å². The molecule has 2 rings (SSSR count). The van der Waals surface area contributed by atoms with Crippen LogP contribution in [0.15, 0.2) is 6.20 Å². The van der Waals surface area contributed by atoms with Crippen LogP contribution in [0.2, 0.25) is 0 Å². The molecular formula is C10H16N4O2. The summed E-state index contributed by atoms with van der Waals surface area (Å²) in [7, 11) is 0. The van der Waals surface area contributed by atoms with E-state index in [9.17, 15) is 9.90 Å². The fourth-order valence-electron chi connectivity index (χ4n) is 1.84. The number of carbonyl (C=O) groups excluding carboxylic acids is 1. The first kappa shape index (κ1) is 10.9. The zero-order valence-electron chi connectivity index (χ0n) is 9.26. The van der Waals surface area contributed by atoms with Crippen LogP contribution in [-0.4, -0.2) is 44.9 Å². The quantitative estimate of drug-likeness (QED) is 0.721. The molecule has 3 N–H and O–H groups in total. The van der Waals surface area contributed by atoms with Gasteiger partial charge in [0.2, 0.25) is 0 Å². The largest absolute Gasteiger partial charge is 0.396 e. The molecule has 0 spiro atoms. The number of aliphatic hydroxyl groups is 1. The maximum Gasteiger partial charge on any atom is 0.276 e. The van der Waals surface area contributed by atoms with Crippen LogP contribution in [0.1, 0.15) is 23.8 Å². The van der Waals surface area contributed by atoms with Gasteiger partial charge in [-0.2, -0.15) is 5.10 Å². The second-order valence-corrected chi connectivity index (χ2v) is 3.98. The fourth-order valence-corrected chi connectivity index (χ4v) is 1.84. The summed E-state index contributed by atoms with van der Waals surface area (Å²) in [5.41, 5.74) is 6.41. The van der Waals surface area contributed by atoms with Gasteiger partial charge in [-0.25, -0.2) is 0 Å². The first-order valence-electron chi connectivity index (χ1n) is 5.42. The van der Waals surface area contributed by atoms with E-state index >= 15 is 0 Å². The van der Waals surface area contributed by atoms with Crippen LogP contribution in [0.25, 0.3) is 0 Å². The molecule has 0 aromatic carbocycles. The van der Waals surface area contributed by atoms with Crippen molar-refractivity contribution in [1.29, 1.82) is 0 Å². The first-order valence-corrected chi connectivity index (χ1v) is 5.42. The van der Waals surface area contributed by atoms with E-state index in [-0.39, 0.29) is 11.6 Å². The number of nitrogens with two attached hydrogens (primary N) is 1. The predicted molar refractivity (Wildman–Crippen MR) is 58.8 cm³/mol. The van der Waals surface area contributed by atoms with Crippen molar-refractivity contribution in [2.45, 2.75) is 26.0 Å². The van der Waals surface area contributed by atoms with Crippen LogP contribution in [0.5, 0.6) is 0 Å². The Balaban J connectivity index is 2.17. The van der Waals surface area contributed by atoms with Crippen molar-refractivity contribution in [2.24, 2.45) is 0 Å². The number of β-amino-alcohol motifs (C(OH)–C–C–N with tert-alkyl or cyclic N) is 1. The van der Waals surface area contributed by atoms with E-state index in [2.05, 4.69) is 5.10 Å². The lowest BCUT2D eigenvalue weighted by atomic mass is 10.3. The highest BCUT2D eigenvalue weighted by atomic mass is 16.3. The van der Waals surface area contributed by atoms with Crippen LogP contribution in [0.4, 0.5) is 5.69 Å². The highest BCUT2D eigenvalue weighted by molar-refractivity contribution is 5.97. The molecule has 6 nitrogen and oxygen atoms in total. The number of amides is 1. The molecule has 0 saturated carbocycles. The monoisotopic (exact) mass is 224 g/mol. The van der Waals surface area contributed by atoms with E-state index in [0.717, 1.165) is 0 Å². The van der Waals surface area contributed by atoms with Gasteiger partial charge in [0.1, 0.15) is 0 Å². The number of nitrogens with zero attached hydrogens (tertiary/aromatic N) is 3. The predicted octanol–water partition coefficient (Wildman–Crippen LogP) is -0.308. The Morgan fingerprint density at radius 2 is 2.50 bits per heavy atom. The number of hydrogen-bond donors (Lipinski definition) is 2. The number of nitrogen functional groups attached to an aromatic ring is 1. The summed E-state index contributed by atoms with van der Waals surface area (Å²) in [5, 5.41) is 13.5. The topological polar surface area (TPSA) is 84.4 Å². The molecule has 1 fully saturated rings. The second kappa shape index (κ2) is 4.13. The number of aromatic nitrogens is 2. The van der Waals surface area contributed by atoms with Crippen LogP contribution >= 0.6 is 0 Å². The third kappa shape index (κ3) is 1.88. The molecule has 1 aromatic rings. The molecule has 88 valence electrons. The number of hydrogen-bond acceptors (Lipinski definition) is 4. The number of aliphatic hydroxyl groups excluding tert-OH is 1. The van der Waals surface area contributed by atoms with E-state index in [0.29, 0.717) is 31.7 Å². The van der Waals surface area contributed by atoms with Crippen molar-refractivity contribution in [1.82, 2.24) is 14.7 Å². The number of rotatable bonds is 2. The van der Waals surface area contributed by atoms with Crippen LogP contribution in [-0.2, 0) is 6.54 Å². The van der Waals surface area contributed by atoms with Gasteiger partial charge < -0.3 is 15.7 Å². The summed E-state index contributed by atoms with van der Waals surface area (Å²) < 4.78 is 1.63. The van der Waals surface area contributed by atoms with Crippen LogP contribution < -0.4 is 5.73 Å². The maximum absolute atomic E-state index is 12.0. The van der Waals surface area contributed by atoms with Gasteiger partial charge in [0.15, 0.2) is 5.69 Å². The summed E-state index contributed by atoms with van der Waals surface area (Å²) in [6.07, 6.45) is 1.86. The van der Waals surface area contributed by atoms with Crippen molar-refractivity contribution < 1.29 is 9.90 Å². The van der Waals surface area contributed by atoms with Gasteiger partial charge in [-0.05, 0) is 13.3 Å². The lowest BCUT2D eigenvalue weighted by Crippen LogP contribution is -2.30. The van der Waals surface area contributed by atoms with Crippen molar-refractivity contribution >= 4 is 11.6 Å². The van der Waals surface area contributed by atoms with Gasteiger partial charge in [-0.15, -0.1) is 0 Å². The molecule has 16 heavy (non-hydrogen) atoms. The van der Waals surface area contributed by atoms with Crippen molar-refractivity contribution in [2.75, 3.05) is 18.8 Å². The molecule has 0 unspecified atom stereocenters. The molecule has 1 aliphatic rings. The van der Waals surface area contributed by atoms with E-state index in [4.69, 9.17) is 5.73 Å². The summed E-state index contributed by atoms with van der Waals surface area (Å²) in [5.74, 6) is -0.193. The molecule has 1 aliphatic heterocycles. The van der Waals surface area contributed by atoms with E-state index in [1.54, 1.807) is 15.8 Å². The van der Waals surface area contributed by atoms with Crippen LogP contribution in [0.3, 0.4) is 0 Å². The number of anilines is 1. The Bertz CT molecular complexity index is 402. The third-order valence-corrected chi connectivity index (χ3v) is 2.77. The second-order valence-electron chi connectivity index (χ2n) is 3.98.